The molecule has 1 aliphatic heterocycles. The Hall–Kier alpha value is -3.55. The summed E-state index contributed by atoms with van der Waals surface area (Å²) in [5, 5.41) is 10.5. The molecule has 0 saturated heterocycles. The van der Waals surface area contributed by atoms with Crippen LogP contribution in [0.4, 0.5) is 10.1 Å². The van der Waals surface area contributed by atoms with Gasteiger partial charge in [0.05, 0.1) is 5.92 Å². The zero-order chi connectivity index (χ0) is 20.5. The van der Waals surface area contributed by atoms with E-state index < -0.39 is 23.8 Å². The number of hydrogen-bond acceptors (Lipinski definition) is 6. The number of halogens is 1. The first-order chi connectivity index (χ1) is 13.9. The van der Waals surface area contributed by atoms with E-state index in [2.05, 4.69) is 15.5 Å². The van der Waals surface area contributed by atoms with E-state index in [1.165, 1.54) is 18.2 Å². The number of aryl methyl sites for hydroxylation is 1. The highest BCUT2D eigenvalue weighted by atomic mass is 19.1. The molecule has 8 heteroatoms. The number of benzene rings is 2. The van der Waals surface area contributed by atoms with Crippen LogP contribution < -0.4 is 5.32 Å². The molecule has 1 aliphatic rings. The average molecular weight is 395 g/mol. The molecular formula is C21H18FN3O4. The number of rotatable bonds is 4. The lowest BCUT2D eigenvalue weighted by Gasteiger charge is -2.25. The predicted molar refractivity (Wildman–Crippen MR) is 101 cm³/mol. The Morgan fingerprint density at radius 3 is 2.76 bits per heavy atom. The van der Waals surface area contributed by atoms with Crippen molar-refractivity contribution in [2.45, 2.75) is 32.3 Å². The average Bonchev–Trinajstić information content (AvgIpc) is 3.18. The summed E-state index contributed by atoms with van der Waals surface area (Å²) in [6.45, 7) is 3.58. The predicted octanol–water partition coefficient (Wildman–Crippen LogP) is 3.91. The van der Waals surface area contributed by atoms with Crippen molar-refractivity contribution in [1.29, 1.82) is 0 Å². The summed E-state index contributed by atoms with van der Waals surface area (Å²) in [5.74, 6) is -1.86. The highest BCUT2D eigenvalue weighted by Gasteiger charge is 2.33. The van der Waals surface area contributed by atoms with Crippen LogP contribution >= 0.6 is 0 Å². The van der Waals surface area contributed by atoms with E-state index in [1.807, 2.05) is 31.2 Å². The molecule has 0 aliphatic carbocycles. The van der Waals surface area contributed by atoms with Crippen LogP contribution in [0.3, 0.4) is 0 Å². The molecule has 1 amide bonds. The summed E-state index contributed by atoms with van der Waals surface area (Å²) in [7, 11) is 0. The Morgan fingerprint density at radius 2 is 2.00 bits per heavy atom. The summed E-state index contributed by atoms with van der Waals surface area (Å²) in [5.41, 5.74) is 2.64. The Kier molecular flexibility index (Phi) is 4.84. The molecule has 0 radical (unpaired) electrons. The lowest BCUT2D eigenvalue weighted by atomic mass is 9.90. The molecule has 3 aromatic rings. The Morgan fingerprint density at radius 1 is 1.24 bits per heavy atom. The number of nitrogens with zero attached hydrogens (tertiary/aromatic N) is 2. The minimum Gasteiger partial charge on any atom is -0.452 e. The van der Waals surface area contributed by atoms with E-state index in [0.29, 0.717) is 11.5 Å². The molecule has 0 saturated carbocycles. The highest BCUT2D eigenvalue weighted by Crippen LogP contribution is 2.35. The van der Waals surface area contributed by atoms with Gasteiger partial charge in [-0.25, -0.2) is 4.39 Å². The molecule has 29 heavy (non-hydrogen) atoms. The molecular weight excluding hydrogens is 377 g/mol. The van der Waals surface area contributed by atoms with E-state index >= 15 is 0 Å². The third-order valence-corrected chi connectivity index (χ3v) is 4.72. The van der Waals surface area contributed by atoms with Gasteiger partial charge in [-0.1, -0.05) is 23.8 Å². The number of nitrogens with one attached hydrogen (secondary N) is 1. The monoisotopic (exact) mass is 395 g/mol. The van der Waals surface area contributed by atoms with Crippen LogP contribution in [0.1, 0.15) is 42.4 Å². The van der Waals surface area contributed by atoms with Crippen molar-refractivity contribution in [2.75, 3.05) is 5.32 Å². The van der Waals surface area contributed by atoms with E-state index in [4.69, 9.17) is 9.15 Å². The molecule has 0 spiro atoms. The second-order valence-corrected chi connectivity index (χ2v) is 6.93. The SMILES string of the molecule is Cc1ccc(-c2nnc(C(C)OC(=O)C3CC(=O)Nc4cc(F)ccc43)o2)cc1. The number of aromatic nitrogens is 2. The fourth-order valence-electron chi connectivity index (χ4n) is 3.17. The van der Waals surface area contributed by atoms with Gasteiger partial charge in [-0.3, -0.25) is 9.59 Å². The van der Waals surface area contributed by atoms with Crippen molar-refractivity contribution in [1.82, 2.24) is 10.2 Å². The fraction of sp³-hybridized carbons (Fsp3) is 0.238. The standard InChI is InChI=1S/C21H18FN3O4/c1-11-3-5-13(6-4-11)20-25-24-19(29-20)12(2)28-21(27)16-10-18(26)23-17-9-14(22)7-8-15(16)17/h3-9,12,16H,10H2,1-2H3,(H,23,26). The van der Waals surface area contributed by atoms with Gasteiger partial charge in [0.15, 0.2) is 6.10 Å². The maximum atomic E-state index is 13.5. The number of carbonyl (C=O) groups is 2. The second-order valence-electron chi connectivity index (χ2n) is 6.93. The van der Waals surface area contributed by atoms with Crippen molar-refractivity contribution in [3.8, 4) is 11.5 Å². The van der Waals surface area contributed by atoms with Crippen LogP contribution in [0, 0.1) is 12.7 Å². The molecule has 2 aromatic carbocycles. The van der Waals surface area contributed by atoms with Gasteiger partial charge in [-0.05, 0) is 43.7 Å². The smallest absolute Gasteiger partial charge is 0.314 e. The van der Waals surface area contributed by atoms with Crippen LogP contribution in [-0.4, -0.2) is 22.1 Å². The minimum absolute atomic E-state index is 0.0807. The quantitative estimate of drug-likeness (QED) is 0.673. The third kappa shape index (κ3) is 3.87. The van der Waals surface area contributed by atoms with Gasteiger partial charge >= 0.3 is 5.97 Å². The summed E-state index contributed by atoms with van der Waals surface area (Å²) < 4.78 is 24.6. The number of esters is 1. The Labute approximate surface area is 165 Å². The Bertz CT molecular complexity index is 1080. The van der Waals surface area contributed by atoms with E-state index in [1.54, 1.807) is 6.92 Å². The van der Waals surface area contributed by atoms with Gasteiger partial charge in [0, 0.05) is 17.7 Å². The van der Waals surface area contributed by atoms with Gasteiger partial charge in [0.25, 0.3) is 5.89 Å². The topological polar surface area (TPSA) is 94.3 Å². The van der Waals surface area contributed by atoms with Crippen LogP contribution in [0.2, 0.25) is 0 Å². The van der Waals surface area contributed by atoms with Crippen LogP contribution in [0.5, 0.6) is 0 Å². The van der Waals surface area contributed by atoms with Crippen molar-refractivity contribution < 1.29 is 23.1 Å². The van der Waals surface area contributed by atoms with Gasteiger partial charge in [0.1, 0.15) is 5.82 Å². The number of anilines is 1. The second kappa shape index (κ2) is 7.46. The van der Waals surface area contributed by atoms with Gasteiger partial charge in [0.2, 0.25) is 11.8 Å². The first-order valence-corrected chi connectivity index (χ1v) is 9.11. The van der Waals surface area contributed by atoms with E-state index in [-0.39, 0.29) is 23.9 Å². The number of carbonyl (C=O) groups excluding carboxylic acids is 2. The molecule has 0 fully saturated rings. The number of amides is 1. The lowest BCUT2D eigenvalue weighted by Crippen LogP contribution is -2.29. The summed E-state index contributed by atoms with van der Waals surface area (Å²) >= 11 is 0. The van der Waals surface area contributed by atoms with Gasteiger partial charge in [-0.15, -0.1) is 10.2 Å². The van der Waals surface area contributed by atoms with Crippen LogP contribution in [-0.2, 0) is 14.3 Å². The van der Waals surface area contributed by atoms with Crippen molar-refractivity contribution in [3.63, 3.8) is 0 Å². The van der Waals surface area contributed by atoms with Crippen LogP contribution in [0.25, 0.3) is 11.5 Å². The van der Waals surface area contributed by atoms with Gasteiger partial charge < -0.3 is 14.5 Å². The molecule has 0 bridgehead atoms. The van der Waals surface area contributed by atoms with Crippen molar-refractivity contribution in [3.05, 3.63) is 65.3 Å². The summed E-state index contributed by atoms with van der Waals surface area (Å²) in [4.78, 5) is 24.6. The van der Waals surface area contributed by atoms with E-state index in [9.17, 15) is 14.0 Å². The summed E-state index contributed by atoms with van der Waals surface area (Å²) in [6.07, 6.45) is -0.883. The lowest BCUT2D eigenvalue weighted by molar-refractivity contribution is -0.152. The number of fused-ring (bicyclic) bond motifs is 1. The normalized spacial score (nSPS) is 16.7. The maximum absolute atomic E-state index is 13.5. The molecule has 4 rings (SSSR count). The Balaban J connectivity index is 1.50. The third-order valence-electron chi connectivity index (χ3n) is 4.72. The molecule has 7 nitrogen and oxygen atoms in total. The zero-order valence-electron chi connectivity index (χ0n) is 15.8. The van der Waals surface area contributed by atoms with Crippen molar-refractivity contribution >= 4 is 17.6 Å². The van der Waals surface area contributed by atoms with Gasteiger partial charge in [-0.2, -0.15) is 0 Å². The zero-order valence-corrected chi connectivity index (χ0v) is 15.8. The molecule has 1 N–H and O–H groups in total. The maximum Gasteiger partial charge on any atom is 0.314 e. The fourth-order valence-corrected chi connectivity index (χ4v) is 3.17. The molecule has 148 valence electrons. The molecule has 2 unspecified atom stereocenters. The number of hydrogen-bond donors (Lipinski definition) is 1. The molecule has 2 atom stereocenters. The highest BCUT2D eigenvalue weighted by molar-refractivity contribution is 6.00. The number of ether oxygens (including phenoxy) is 1. The first-order valence-electron chi connectivity index (χ1n) is 9.11. The van der Waals surface area contributed by atoms with Crippen LogP contribution in [0.15, 0.2) is 46.9 Å². The minimum atomic E-state index is -0.832. The molecule has 1 aromatic heterocycles. The summed E-state index contributed by atoms with van der Waals surface area (Å²) in [6, 6.07) is 11.5. The molecule has 2 heterocycles. The largest absolute Gasteiger partial charge is 0.452 e. The van der Waals surface area contributed by atoms with Crippen molar-refractivity contribution in [2.24, 2.45) is 0 Å². The first kappa shape index (κ1) is 18.8. The van der Waals surface area contributed by atoms with E-state index in [0.717, 1.165) is 11.1 Å².